The van der Waals surface area contributed by atoms with Crippen molar-refractivity contribution < 1.29 is 37.1 Å². The minimum absolute atomic E-state index is 0.0413. The lowest BCUT2D eigenvalue weighted by Crippen LogP contribution is -2.28. The number of ether oxygens (including phenoxy) is 1. The van der Waals surface area contributed by atoms with Gasteiger partial charge in [-0.05, 0) is 36.4 Å². The number of imide groups is 1. The molecule has 0 atom stereocenters. The van der Waals surface area contributed by atoms with Crippen LogP contribution in [0.5, 0.6) is 0 Å². The number of rotatable bonds is 5. The maximum Gasteiger partial charge on any atom is 0.338 e. The number of nitrogens with zero attached hydrogens (tertiary/aromatic N) is 1. The van der Waals surface area contributed by atoms with Crippen molar-refractivity contribution in [3.63, 3.8) is 0 Å². The zero-order valence-electron chi connectivity index (χ0n) is 14.7. The minimum Gasteiger partial charge on any atom is -0.452 e. The van der Waals surface area contributed by atoms with Crippen molar-refractivity contribution in [3.05, 3.63) is 59.4 Å². The number of hydrogen-bond acceptors (Lipinski definition) is 5. The molecular formula is C19H13F3N2O5. The molecule has 1 N–H and O–H groups in total. The molecular weight excluding hydrogens is 393 g/mol. The third-order valence-electron chi connectivity index (χ3n) is 4.06. The Bertz CT molecular complexity index is 992. The fraction of sp³-hybridized carbons (Fsp3) is 0.158. The van der Waals surface area contributed by atoms with E-state index < -0.39 is 41.6 Å². The Kier molecular flexibility index (Phi) is 5.62. The summed E-state index contributed by atoms with van der Waals surface area (Å²) in [6.07, 6.45) is 0.243. The molecule has 0 unspecified atom stereocenters. The highest BCUT2D eigenvalue weighted by Gasteiger charge is 2.30. The molecule has 7 nitrogen and oxygen atoms in total. The van der Waals surface area contributed by atoms with Gasteiger partial charge in [0, 0.05) is 12.8 Å². The molecule has 3 amide bonds. The molecule has 10 heteroatoms. The summed E-state index contributed by atoms with van der Waals surface area (Å²) < 4.78 is 44.3. The summed E-state index contributed by atoms with van der Waals surface area (Å²) in [6, 6.07) is 6.85. The first-order chi connectivity index (χ1) is 13.8. The van der Waals surface area contributed by atoms with Crippen LogP contribution in [-0.2, 0) is 19.1 Å². The molecule has 0 radical (unpaired) electrons. The van der Waals surface area contributed by atoms with Crippen molar-refractivity contribution in [1.29, 1.82) is 0 Å². The average Bonchev–Trinajstić information content (AvgIpc) is 3.05. The van der Waals surface area contributed by atoms with Crippen LogP contribution >= 0.6 is 0 Å². The smallest absolute Gasteiger partial charge is 0.338 e. The Morgan fingerprint density at radius 1 is 0.931 bits per heavy atom. The van der Waals surface area contributed by atoms with Crippen molar-refractivity contribution in [1.82, 2.24) is 0 Å². The lowest BCUT2D eigenvalue weighted by Gasteiger charge is -2.14. The standard InChI is InChI=1S/C19H13F3N2O5/c20-12-5-6-13(18(22)17(12)21)23-14(25)9-29-19(28)10-1-3-11(4-2-10)24-15(26)7-8-16(24)27/h1-6H,7-9H2,(H,23,25). The van der Waals surface area contributed by atoms with E-state index in [1.807, 2.05) is 5.32 Å². The van der Waals surface area contributed by atoms with Gasteiger partial charge in [0.25, 0.3) is 5.91 Å². The molecule has 0 saturated carbocycles. The largest absolute Gasteiger partial charge is 0.452 e. The van der Waals surface area contributed by atoms with Gasteiger partial charge in [-0.2, -0.15) is 0 Å². The number of nitrogens with one attached hydrogen (secondary N) is 1. The van der Waals surface area contributed by atoms with Crippen molar-refractivity contribution in [2.45, 2.75) is 12.8 Å². The number of carbonyl (C=O) groups excluding carboxylic acids is 4. The SMILES string of the molecule is O=C(COC(=O)c1ccc(N2C(=O)CCC2=O)cc1)Nc1ccc(F)c(F)c1F. The maximum atomic E-state index is 13.5. The summed E-state index contributed by atoms with van der Waals surface area (Å²) in [7, 11) is 0. The third-order valence-corrected chi connectivity index (χ3v) is 4.06. The Hall–Kier alpha value is -3.69. The van der Waals surface area contributed by atoms with Crippen molar-refractivity contribution >= 4 is 35.1 Å². The van der Waals surface area contributed by atoms with Gasteiger partial charge in [-0.3, -0.25) is 19.3 Å². The van der Waals surface area contributed by atoms with E-state index >= 15 is 0 Å². The van der Waals surface area contributed by atoms with Crippen LogP contribution in [0.1, 0.15) is 23.2 Å². The van der Waals surface area contributed by atoms with Crippen LogP contribution in [0.3, 0.4) is 0 Å². The van der Waals surface area contributed by atoms with Crippen molar-refractivity contribution in [2.75, 3.05) is 16.8 Å². The van der Waals surface area contributed by atoms with E-state index in [9.17, 15) is 32.3 Å². The number of benzene rings is 2. The van der Waals surface area contributed by atoms with Crippen LogP contribution in [0.15, 0.2) is 36.4 Å². The van der Waals surface area contributed by atoms with Gasteiger partial charge >= 0.3 is 5.97 Å². The molecule has 0 bridgehead atoms. The predicted molar refractivity (Wildman–Crippen MR) is 93.4 cm³/mol. The van der Waals surface area contributed by atoms with Crippen LogP contribution in [-0.4, -0.2) is 30.3 Å². The lowest BCUT2D eigenvalue weighted by molar-refractivity contribution is -0.121. The molecule has 0 aromatic heterocycles. The first kappa shape index (κ1) is 20.1. The molecule has 29 heavy (non-hydrogen) atoms. The molecule has 1 heterocycles. The Balaban J connectivity index is 1.58. The van der Waals surface area contributed by atoms with Gasteiger partial charge in [0.15, 0.2) is 24.1 Å². The second-order valence-corrected chi connectivity index (χ2v) is 6.02. The number of amides is 3. The van der Waals surface area contributed by atoms with Gasteiger partial charge in [-0.15, -0.1) is 0 Å². The molecule has 1 fully saturated rings. The fourth-order valence-corrected chi connectivity index (χ4v) is 2.63. The summed E-state index contributed by atoms with van der Waals surface area (Å²) in [4.78, 5) is 48.1. The molecule has 2 aromatic rings. The number of halogens is 3. The number of hydrogen-bond donors (Lipinski definition) is 1. The van der Waals surface area contributed by atoms with Crippen LogP contribution in [0.4, 0.5) is 24.5 Å². The molecule has 0 aliphatic carbocycles. The van der Waals surface area contributed by atoms with E-state index in [4.69, 9.17) is 4.74 Å². The highest BCUT2D eigenvalue weighted by molar-refractivity contribution is 6.19. The third kappa shape index (κ3) is 4.26. The molecule has 3 rings (SSSR count). The summed E-state index contributed by atoms with van der Waals surface area (Å²) >= 11 is 0. The van der Waals surface area contributed by atoms with E-state index in [-0.39, 0.29) is 30.2 Å². The van der Waals surface area contributed by atoms with E-state index in [0.717, 1.165) is 11.0 Å². The van der Waals surface area contributed by atoms with E-state index in [2.05, 4.69) is 0 Å². The number of anilines is 2. The average molecular weight is 406 g/mol. The predicted octanol–water partition coefficient (Wildman–Crippen LogP) is 2.55. The summed E-state index contributed by atoms with van der Waals surface area (Å²) in [5.74, 6) is -7.27. The van der Waals surface area contributed by atoms with E-state index in [1.165, 1.54) is 24.3 Å². The molecule has 1 aliphatic rings. The van der Waals surface area contributed by atoms with Gasteiger partial charge in [-0.1, -0.05) is 0 Å². The number of carbonyl (C=O) groups is 4. The van der Waals surface area contributed by atoms with Crippen LogP contribution < -0.4 is 10.2 Å². The highest BCUT2D eigenvalue weighted by atomic mass is 19.2. The first-order valence-electron chi connectivity index (χ1n) is 8.34. The number of esters is 1. The Labute approximate surface area is 162 Å². The monoisotopic (exact) mass is 406 g/mol. The van der Waals surface area contributed by atoms with Gasteiger partial charge in [0.2, 0.25) is 11.8 Å². The van der Waals surface area contributed by atoms with Gasteiger partial charge < -0.3 is 10.1 Å². The topological polar surface area (TPSA) is 92.8 Å². The maximum absolute atomic E-state index is 13.5. The normalized spacial score (nSPS) is 13.6. The van der Waals surface area contributed by atoms with Gasteiger partial charge in [-0.25, -0.2) is 18.0 Å². The second kappa shape index (κ2) is 8.13. The van der Waals surface area contributed by atoms with Crippen molar-refractivity contribution in [3.8, 4) is 0 Å². The van der Waals surface area contributed by atoms with Crippen molar-refractivity contribution in [2.24, 2.45) is 0 Å². The quantitative estimate of drug-likeness (QED) is 0.468. The summed E-state index contributed by atoms with van der Waals surface area (Å²) in [5, 5.41) is 1.96. The molecule has 1 saturated heterocycles. The lowest BCUT2D eigenvalue weighted by atomic mass is 10.2. The highest BCUT2D eigenvalue weighted by Crippen LogP contribution is 2.23. The van der Waals surface area contributed by atoms with Gasteiger partial charge in [0.1, 0.15) is 0 Å². The van der Waals surface area contributed by atoms with Crippen LogP contribution in [0.25, 0.3) is 0 Å². The zero-order chi connectivity index (χ0) is 21.1. The van der Waals surface area contributed by atoms with E-state index in [0.29, 0.717) is 11.8 Å². The minimum atomic E-state index is -1.74. The van der Waals surface area contributed by atoms with Crippen LogP contribution in [0.2, 0.25) is 0 Å². The summed E-state index contributed by atoms with van der Waals surface area (Å²) in [5.41, 5.74) is -0.255. The molecule has 0 spiro atoms. The molecule has 2 aromatic carbocycles. The first-order valence-corrected chi connectivity index (χ1v) is 8.34. The van der Waals surface area contributed by atoms with E-state index in [1.54, 1.807) is 0 Å². The molecule has 1 aliphatic heterocycles. The second-order valence-electron chi connectivity index (χ2n) is 6.02. The van der Waals surface area contributed by atoms with Gasteiger partial charge in [0.05, 0.1) is 16.9 Å². The Morgan fingerprint density at radius 3 is 2.17 bits per heavy atom. The van der Waals surface area contributed by atoms with Crippen LogP contribution in [0, 0.1) is 17.5 Å². The Morgan fingerprint density at radius 2 is 1.55 bits per heavy atom. The summed E-state index contributed by atoms with van der Waals surface area (Å²) in [6.45, 7) is -0.803. The molecule has 150 valence electrons. The fourth-order valence-electron chi connectivity index (χ4n) is 2.63. The zero-order valence-corrected chi connectivity index (χ0v) is 14.7.